The Hall–Kier alpha value is -2.54. The first-order valence-corrected chi connectivity index (χ1v) is 8.02. The molecule has 3 heterocycles. The second-order valence-corrected chi connectivity index (χ2v) is 6.10. The molecule has 2 aliphatic rings. The number of aromatic nitrogens is 1. The van der Waals surface area contributed by atoms with E-state index in [9.17, 15) is 4.79 Å². The highest BCUT2D eigenvalue weighted by atomic mass is 16.7. The molecule has 24 heavy (non-hydrogen) atoms. The van der Waals surface area contributed by atoms with Gasteiger partial charge in [0.2, 0.25) is 6.79 Å². The minimum atomic E-state index is -0.0519. The second-order valence-electron chi connectivity index (χ2n) is 6.10. The van der Waals surface area contributed by atoms with Crippen LogP contribution in [0.1, 0.15) is 21.6 Å². The van der Waals surface area contributed by atoms with Crippen LogP contribution in [0.2, 0.25) is 0 Å². The maximum absolute atomic E-state index is 12.4. The first-order chi connectivity index (χ1) is 11.7. The van der Waals surface area contributed by atoms with Crippen LogP contribution >= 0.6 is 0 Å². The molecule has 0 radical (unpaired) electrons. The molecular weight excluding hydrogens is 310 g/mol. The maximum Gasteiger partial charge on any atom is 0.276 e. The third-order valence-electron chi connectivity index (χ3n) is 4.45. The fourth-order valence-electron chi connectivity index (χ4n) is 3.05. The topological polar surface area (TPSA) is 68.0 Å². The highest BCUT2D eigenvalue weighted by Gasteiger charge is 2.25. The van der Waals surface area contributed by atoms with Crippen molar-refractivity contribution in [2.24, 2.45) is 0 Å². The van der Waals surface area contributed by atoms with Gasteiger partial charge in [-0.05, 0) is 24.6 Å². The molecule has 0 N–H and O–H groups in total. The number of ether oxygens (including phenoxy) is 2. The molecule has 1 saturated heterocycles. The molecule has 0 atom stereocenters. The zero-order valence-corrected chi connectivity index (χ0v) is 13.5. The van der Waals surface area contributed by atoms with Crippen LogP contribution < -0.4 is 9.47 Å². The number of aryl methyl sites for hydroxylation is 1. The van der Waals surface area contributed by atoms with Crippen LogP contribution in [0.3, 0.4) is 0 Å². The zero-order chi connectivity index (χ0) is 16.5. The lowest BCUT2D eigenvalue weighted by atomic mass is 10.1. The van der Waals surface area contributed by atoms with Gasteiger partial charge in [0.25, 0.3) is 5.91 Å². The number of rotatable bonds is 3. The summed E-state index contributed by atoms with van der Waals surface area (Å²) in [5, 5.41) is 3.81. The normalized spacial score (nSPS) is 17.3. The minimum absolute atomic E-state index is 0.0519. The summed E-state index contributed by atoms with van der Waals surface area (Å²) in [4.78, 5) is 16.6. The van der Waals surface area contributed by atoms with Crippen LogP contribution in [0.5, 0.6) is 11.5 Å². The molecule has 2 aromatic rings. The number of amides is 1. The van der Waals surface area contributed by atoms with Crippen molar-refractivity contribution in [2.45, 2.75) is 13.5 Å². The minimum Gasteiger partial charge on any atom is -0.454 e. The zero-order valence-electron chi connectivity index (χ0n) is 13.5. The Bertz CT molecular complexity index is 750. The van der Waals surface area contributed by atoms with Gasteiger partial charge in [0.1, 0.15) is 6.26 Å². The van der Waals surface area contributed by atoms with E-state index in [1.54, 1.807) is 0 Å². The highest BCUT2D eigenvalue weighted by molar-refractivity contribution is 5.93. The fraction of sp³-hybridized carbons (Fsp3) is 0.412. The summed E-state index contributed by atoms with van der Waals surface area (Å²) in [7, 11) is 0. The van der Waals surface area contributed by atoms with Gasteiger partial charge in [-0.3, -0.25) is 9.69 Å². The Labute approximate surface area is 139 Å². The maximum atomic E-state index is 12.4. The van der Waals surface area contributed by atoms with Gasteiger partial charge in [-0.15, -0.1) is 0 Å². The molecule has 0 aliphatic carbocycles. The smallest absolute Gasteiger partial charge is 0.276 e. The number of carbonyl (C=O) groups is 1. The summed E-state index contributed by atoms with van der Waals surface area (Å²) >= 11 is 0. The SMILES string of the molecule is Cc1conc1C(=O)N1CCN(Cc2ccc3c(c2)OCO3)CC1. The molecule has 4 rings (SSSR count). The summed E-state index contributed by atoms with van der Waals surface area (Å²) < 4.78 is 15.6. The second kappa shape index (κ2) is 6.16. The molecule has 1 aromatic heterocycles. The molecule has 1 amide bonds. The van der Waals surface area contributed by atoms with E-state index in [0.29, 0.717) is 25.6 Å². The summed E-state index contributed by atoms with van der Waals surface area (Å²) in [6, 6.07) is 6.03. The van der Waals surface area contributed by atoms with Crippen molar-refractivity contribution in [3.8, 4) is 11.5 Å². The van der Waals surface area contributed by atoms with Gasteiger partial charge < -0.3 is 18.9 Å². The van der Waals surface area contributed by atoms with Crippen LogP contribution in [-0.2, 0) is 6.54 Å². The Morgan fingerprint density at radius 3 is 2.71 bits per heavy atom. The largest absolute Gasteiger partial charge is 0.454 e. The van der Waals surface area contributed by atoms with E-state index in [4.69, 9.17) is 14.0 Å². The average molecular weight is 329 g/mol. The first-order valence-electron chi connectivity index (χ1n) is 8.02. The summed E-state index contributed by atoms with van der Waals surface area (Å²) in [6.45, 7) is 6.00. The Balaban J connectivity index is 1.35. The van der Waals surface area contributed by atoms with Gasteiger partial charge in [0, 0.05) is 38.3 Å². The Morgan fingerprint density at radius 1 is 1.17 bits per heavy atom. The van der Waals surface area contributed by atoms with E-state index in [-0.39, 0.29) is 5.91 Å². The van der Waals surface area contributed by atoms with E-state index in [1.165, 1.54) is 11.8 Å². The van der Waals surface area contributed by atoms with Gasteiger partial charge in [-0.25, -0.2) is 0 Å². The molecule has 0 saturated carbocycles. The number of hydrogen-bond donors (Lipinski definition) is 0. The van der Waals surface area contributed by atoms with Gasteiger partial charge >= 0.3 is 0 Å². The molecule has 0 bridgehead atoms. The lowest BCUT2D eigenvalue weighted by Crippen LogP contribution is -2.48. The van der Waals surface area contributed by atoms with E-state index in [0.717, 1.165) is 36.7 Å². The first kappa shape index (κ1) is 15.0. The molecule has 0 spiro atoms. The van der Waals surface area contributed by atoms with Crippen LogP contribution in [0, 0.1) is 6.92 Å². The lowest BCUT2D eigenvalue weighted by Gasteiger charge is -2.34. The summed E-state index contributed by atoms with van der Waals surface area (Å²) in [5.41, 5.74) is 2.38. The Morgan fingerprint density at radius 2 is 1.96 bits per heavy atom. The molecule has 126 valence electrons. The number of benzene rings is 1. The van der Waals surface area contributed by atoms with Crippen molar-refractivity contribution in [1.82, 2.24) is 15.0 Å². The molecular formula is C17H19N3O4. The van der Waals surface area contributed by atoms with Gasteiger partial charge in [-0.2, -0.15) is 0 Å². The number of hydrogen-bond acceptors (Lipinski definition) is 6. The molecule has 1 fully saturated rings. The molecule has 2 aliphatic heterocycles. The van der Waals surface area contributed by atoms with Crippen molar-refractivity contribution in [3.05, 3.63) is 41.3 Å². The predicted molar refractivity (Wildman–Crippen MR) is 85.0 cm³/mol. The van der Waals surface area contributed by atoms with Crippen LogP contribution in [-0.4, -0.2) is 53.8 Å². The van der Waals surface area contributed by atoms with Crippen LogP contribution in [0.15, 0.2) is 29.0 Å². The molecule has 7 heteroatoms. The van der Waals surface area contributed by atoms with Crippen LogP contribution in [0.4, 0.5) is 0 Å². The number of piperazine rings is 1. The lowest BCUT2D eigenvalue weighted by molar-refractivity contribution is 0.0618. The van der Waals surface area contributed by atoms with Gasteiger partial charge in [0.05, 0.1) is 0 Å². The average Bonchev–Trinajstić information content (AvgIpc) is 3.23. The monoisotopic (exact) mass is 329 g/mol. The molecule has 1 aromatic carbocycles. The van der Waals surface area contributed by atoms with Crippen molar-refractivity contribution >= 4 is 5.91 Å². The van der Waals surface area contributed by atoms with Gasteiger partial charge in [-0.1, -0.05) is 11.2 Å². The van der Waals surface area contributed by atoms with Crippen molar-refractivity contribution in [1.29, 1.82) is 0 Å². The third-order valence-corrected chi connectivity index (χ3v) is 4.45. The van der Waals surface area contributed by atoms with Crippen LogP contribution in [0.25, 0.3) is 0 Å². The van der Waals surface area contributed by atoms with E-state index < -0.39 is 0 Å². The van der Waals surface area contributed by atoms with Crippen molar-refractivity contribution in [2.75, 3.05) is 33.0 Å². The van der Waals surface area contributed by atoms with Crippen molar-refractivity contribution in [3.63, 3.8) is 0 Å². The fourth-order valence-corrected chi connectivity index (χ4v) is 3.05. The standard InChI is InChI=1S/C17H19N3O4/c1-12-10-24-18-16(12)17(21)20-6-4-19(5-7-20)9-13-2-3-14-15(8-13)23-11-22-14/h2-3,8,10H,4-7,9,11H2,1H3. The predicted octanol–water partition coefficient (Wildman–Crippen LogP) is 1.67. The summed E-state index contributed by atoms with van der Waals surface area (Å²) in [5.74, 6) is 1.56. The van der Waals surface area contributed by atoms with E-state index >= 15 is 0 Å². The third kappa shape index (κ3) is 2.82. The molecule has 0 unspecified atom stereocenters. The number of carbonyl (C=O) groups excluding carboxylic acids is 1. The highest BCUT2D eigenvalue weighted by Crippen LogP contribution is 2.32. The number of fused-ring (bicyclic) bond motifs is 1. The molecule has 7 nitrogen and oxygen atoms in total. The van der Waals surface area contributed by atoms with Crippen molar-refractivity contribution < 1.29 is 18.8 Å². The van der Waals surface area contributed by atoms with E-state index in [1.807, 2.05) is 24.0 Å². The quantitative estimate of drug-likeness (QED) is 0.853. The number of nitrogens with zero attached hydrogens (tertiary/aromatic N) is 3. The summed E-state index contributed by atoms with van der Waals surface area (Å²) in [6.07, 6.45) is 1.50. The van der Waals surface area contributed by atoms with E-state index in [2.05, 4.69) is 16.1 Å². The van der Waals surface area contributed by atoms with Gasteiger partial charge in [0.15, 0.2) is 17.2 Å². The Kier molecular flexibility index (Phi) is 3.86.